The zero-order valence-electron chi connectivity index (χ0n) is 15.1. The van der Waals surface area contributed by atoms with Crippen LogP contribution < -0.4 is 21.7 Å². The van der Waals surface area contributed by atoms with Crippen molar-refractivity contribution in [2.24, 2.45) is 0 Å². The molecule has 0 saturated heterocycles. The summed E-state index contributed by atoms with van der Waals surface area (Å²) in [5, 5.41) is 15.9. The van der Waals surface area contributed by atoms with Crippen LogP contribution in [0.2, 0.25) is 0 Å². The molecule has 1 aromatic heterocycles. The van der Waals surface area contributed by atoms with E-state index in [1.54, 1.807) is 18.2 Å². The van der Waals surface area contributed by atoms with Crippen molar-refractivity contribution in [3.05, 3.63) is 59.5 Å². The minimum Gasteiger partial charge on any atom is -0.394 e. The molecule has 0 aliphatic carbocycles. The second kappa shape index (κ2) is 7.65. The van der Waals surface area contributed by atoms with Gasteiger partial charge in [0.25, 0.3) is 11.8 Å². The first kappa shape index (κ1) is 19.7. The van der Waals surface area contributed by atoms with Gasteiger partial charge in [-0.15, -0.1) is 5.53 Å². The first-order chi connectivity index (χ1) is 14.3. The van der Waals surface area contributed by atoms with Gasteiger partial charge in [0, 0.05) is 11.1 Å². The van der Waals surface area contributed by atoms with E-state index in [1.165, 1.54) is 12.1 Å². The second-order valence-electron chi connectivity index (χ2n) is 6.38. The molecule has 2 heterocycles. The number of nitrogens with one attached hydrogen (secondary N) is 4. The average Bonchev–Trinajstić information content (AvgIpc) is 3.40. The van der Waals surface area contributed by atoms with Gasteiger partial charge in [-0.2, -0.15) is 18.2 Å². The fourth-order valence-corrected chi connectivity index (χ4v) is 2.79. The summed E-state index contributed by atoms with van der Waals surface area (Å²) in [6, 6.07) is 8.13. The standard InChI is InChI=1S/C18H15F3N6O3/c19-18(20,21)11-4-1-9(2-5-11)15-23-17(30-26-15)14(8-28)22-16(29)10-3-6-12-13(7-10)25-27-24-12/h1-7,14,24-25,27-28H,8H2,(H,22,29)/t14-/m0/s1. The van der Waals surface area contributed by atoms with E-state index in [4.69, 9.17) is 4.52 Å². The van der Waals surface area contributed by atoms with Crippen molar-refractivity contribution in [3.8, 4) is 11.4 Å². The predicted octanol–water partition coefficient (Wildman–Crippen LogP) is 2.48. The number of aliphatic hydroxyl groups excluding tert-OH is 1. The molecule has 1 aliphatic rings. The Bertz CT molecular complexity index is 1070. The van der Waals surface area contributed by atoms with Crippen LogP contribution in [0.5, 0.6) is 0 Å². The molecule has 12 heteroatoms. The van der Waals surface area contributed by atoms with Crippen LogP contribution in [0.25, 0.3) is 11.4 Å². The number of fused-ring (bicyclic) bond motifs is 1. The van der Waals surface area contributed by atoms with Crippen molar-refractivity contribution in [2.75, 3.05) is 17.5 Å². The molecule has 0 radical (unpaired) electrons. The molecule has 0 saturated carbocycles. The van der Waals surface area contributed by atoms with Gasteiger partial charge in [-0.05, 0) is 30.3 Å². The summed E-state index contributed by atoms with van der Waals surface area (Å²) in [6.45, 7) is -0.521. The number of benzene rings is 2. The average molecular weight is 420 g/mol. The van der Waals surface area contributed by atoms with Crippen LogP contribution in [0.1, 0.15) is 27.9 Å². The van der Waals surface area contributed by atoms with Crippen LogP contribution in [0.3, 0.4) is 0 Å². The van der Waals surface area contributed by atoms with E-state index >= 15 is 0 Å². The largest absolute Gasteiger partial charge is 0.416 e. The topological polar surface area (TPSA) is 124 Å². The van der Waals surface area contributed by atoms with Gasteiger partial charge in [-0.1, -0.05) is 17.3 Å². The number of hydrogen-bond donors (Lipinski definition) is 5. The molecule has 0 fully saturated rings. The third kappa shape index (κ3) is 3.90. The van der Waals surface area contributed by atoms with Crippen LogP contribution in [0.4, 0.5) is 24.5 Å². The van der Waals surface area contributed by atoms with Gasteiger partial charge in [0.05, 0.1) is 23.5 Å². The Balaban J connectivity index is 1.49. The van der Waals surface area contributed by atoms with Gasteiger partial charge in [0.15, 0.2) is 0 Å². The number of amides is 1. The molecule has 1 aliphatic heterocycles. The number of halogens is 3. The molecule has 0 spiro atoms. The zero-order valence-corrected chi connectivity index (χ0v) is 15.1. The van der Waals surface area contributed by atoms with Crippen LogP contribution >= 0.6 is 0 Å². The summed E-state index contributed by atoms with van der Waals surface area (Å²) in [7, 11) is 0. The molecule has 4 rings (SSSR count). The molecule has 0 bridgehead atoms. The molecule has 5 N–H and O–H groups in total. The van der Waals surface area contributed by atoms with Gasteiger partial charge in [-0.25, -0.2) is 0 Å². The van der Waals surface area contributed by atoms with Crippen molar-refractivity contribution >= 4 is 17.3 Å². The van der Waals surface area contributed by atoms with E-state index in [1.807, 2.05) is 0 Å². The van der Waals surface area contributed by atoms with E-state index in [0.717, 1.165) is 17.8 Å². The Labute approximate surface area is 167 Å². The van der Waals surface area contributed by atoms with Gasteiger partial charge in [0.1, 0.15) is 6.04 Å². The molecule has 1 amide bonds. The number of alkyl halides is 3. The number of rotatable bonds is 5. The molecule has 30 heavy (non-hydrogen) atoms. The lowest BCUT2D eigenvalue weighted by atomic mass is 10.1. The van der Waals surface area contributed by atoms with Crippen LogP contribution in [0.15, 0.2) is 47.0 Å². The van der Waals surface area contributed by atoms with Crippen molar-refractivity contribution in [2.45, 2.75) is 12.2 Å². The minimum absolute atomic E-state index is 0.0327. The number of anilines is 2. The van der Waals surface area contributed by atoms with Crippen molar-refractivity contribution in [3.63, 3.8) is 0 Å². The highest BCUT2D eigenvalue weighted by Gasteiger charge is 2.30. The Morgan fingerprint density at radius 2 is 1.87 bits per heavy atom. The third-order valence-corrected chi connectivity index (χ3v) is 4.37. The number of carbonyl (C=O) groups is 1. The number of aliphatic hydroxyl groups is 1. The summed E-state index contributed by atoms with van der Waals surface area (Å²) in [6.07, 6.45) is -4.45. The highest BCUT2D eigenvalue weighted by molar-refractivity contribution is 5.96. The Kier molecular flexibility index (Phi) is 5.01. The predicted molar refractivity (Wildman–Crippen MR) is 98.9 cm³/mol. The molecule has 156 valence electrons. The zero-order chi connectivity index (χ0) is 21.3. The van der Waals surface area contributed by atoms with Gasteiger partial charge >= 0.3 is 6.18 Å². The molecular formula is C18H15F3N6O3. The summed E-state index contributed by atoms with van der Waals surface area (Å²) in [4.78, 5) is 16.6. The van der Waals surface area contributed by atoms with Crippen LogP contribution in [-0.2, 0) is 6.18 Å². The highest BCUT2D eigenvalue weighted by Crippen LogP contribution is 2.30. The molecule has 9 nitrogen and oxygen atoms in total. The van der Waals surface area contributed by atoms with E-state index < -0.39 is 30.3 Å². The number of nitrogens with zero attached hydrogens (tertiary/aromatic N) is 2. The SMILES string of the molecule is O=C(N[C@@H](CO)c1nc(-c2ccc(C(F)(F)F)cc2)no1)c1ccc2c(c1)NNN2. The van der Waals surface area contributed by atoms with E-state index in [-0.39, 0.29) is 11.7 Å². The van der Waals surface area contributed by atoms with Gasteiger partial charge in [0.2, 0.25) is 5.82 Å². The molecule has 0 unspecified atom stereocenters. The second-order valence-corrected chi connectivity index (χ2v) is 6.38. The number of hydrogen-bond acceptors (Lipinski definition) is 8. The van der Waals surface area contributed by atoms with E-state index in [0.29, 0.717) is 16.8 Å². The van der Waals surface area contributed by atoms with Crippen LogP contribution in [-0.4, -0.2) is 27.8 Å². The summed E-state index contributed by atoms with van der Waals surface area (Å²) in [5.41, 5.74) is 9.63. The Morgan fingerprint density at radius 3 is 2.57 bits per heavy atom. The first-order valence-corrected chi connectivity index (χ1v) is 8.69. The summed E-state index contributed by atoms with van der Waals surface area (Å²) >= 11 is 0. The number of hydrazine groups is 2. The van der Waals surface area contributed by atoms with Crippen molar-refractivity contribution < 1.29 is 27.6 Å². The minimum atomic E-state index is -4.45. The van der Waals surface area contributed by atoms with Crippen molar-refractivity contribution in [1.82, 2.24) is 21.0 Å². The monoisotopic (exact) mass is 420 g/mol. The first-order valence-electron chi connectivity index (χ1n) is 8.69. The lowest BCUT2D eigenvalue weighted by molar-refractivity contribution is -0.137. The maximum Gasteiger partial charge on any atom is 0.416 e. The lowest BCUT2D eigenvalue weighted by Gasteiger charge is -2.12. The van der Waals surface area contributed by atoms with Gasteiger partial charge < -0.3 is 25.8 Å². The number of carbonyl (C=O) groups excluding carboxylic acids is 1. The van der Waals surface area contributed by atoms with Crippen molar-refractivity contribution in [1.29, 1.82) is 0 Å². The molecular weight excluding hydrogens is 405 g/mol. The number of aromatic nitrogens is 2. The molecule has 3 aromatic rings. The summed E-state index contributed by atoms with van der Waals surface area (Å²) < 4.78 is 43.1. The molecule has 1 atom stereocenters. The van der Waals surface area contributed by atoms with E-state index in [2.05, 4.69) is 31.8 Å². The third-order valence-electron chi connectivity index (χ3n) is 4.37. The van der Waals surface area contributed by atoms with Gasteiger partial charge in [-0.3, -0.25) is 4.79 Å². The smallest absolute Gasteiger partial charge is 0.394 e. The lowest BCUT2D eigenvalue weighted by Crippen LogP contribution is -2.31. The van der Waals surface area contributed by atoms with E-state index in [9.17, 15) is 23.1 Å². The maximum absolute atomic E-state index is 12.7. The summed E-state index contributed by atoms with van der Waals surface area (Å²) in [5.74, 6) is -0.534. The van der Waals surface area contributed by atoms with Crippen LogP contribution in [0, 0.1) is 0 Å². The fourth-order valence-electron chi connectivity index (χ4n) is 2.79. The Hall–Kier alpha value is -3.64. The fraction of sp³-hybridized carbons (Fsp3) is 0.167. The normalized spacial score (nSPS) is 13.9. The molecule has 2 aromatic carbocycles. The maximum atomic E-state index is 12.7. The quantitative estimate of drug-likeness (QED) is 0.427. The highest BCUT2D eigenvalue weighted by atomic mass is 19.4. The Morgan fingerprint density at radius 1 is 1.13 bits per heavy atom.